The standard InChI is InChI=1S/C14H14O2/c1-3-8-11(4-2)13(14(15)16)12-9-6-5-7-10-12/h3-10,13H,1-2H2,(H,15,16)/b11-8+. The molecule has 2 nitrogen and oxygen atoms in total. The highest BCUT2D eigenvalue weighted by molar-refractivity contribution is 5.81. The molecule has 0 spiro atoms. The Balaban J connectivity index is 3.19. The lowest BCUT2D eigenvalue weighted by Crippen LogP contribution is -2.13. The van der Waals surface area contributed by atoms with Crippen LogP contribution < -0.4 is 0 Å². The van der Waals surface area contributed by atoms with Crippen molar-refractivity contribution in [3.63, 3.8) is 0 Å². The van der Waals surface area contributed by atoms with Gasteiger partial charge in [-0.1, -0.05) is 61.7 Å². The quantitative estimate of drug-likeness (QED) is 0.764. The first kappa shape index (κ1) is 12.0. The van der Waals surface area contributed by atoms with E-state index in [1.165, 1.54) is 0 Å². The molecule has 16 heavy (non-hydrogen) atoms. The summed E-state index contributed by atoms with van der Waals surface area (Å²) in [6.45, 7) is 7.20. The maximum Gasteiger partial charge on any atom is 0.315 e. The Hall–Kier alpha value is -2.09. The van der Waals surface area contributed by atoms with Crippen LogP contribution in [-0.2, 0) is 4.79 Å². The first-order valence-electron chi connectivity index (χ1n) is 4.93. The zero-order chi connectivity index (χ0) is 12.0. The van der Waals surface area contributed by atoms with Crippen LogP contribution in [0.4, 0.5) is 0 Å². The highest BCUT2D eigenvalue weighted by atomic mass is 16.4. The van der Waals surface area contributed by atoms with Crippen LogP contribution in [0.15, 0.2) is 67.3 Å². The van der Waals surface area contributed by atoms with Crippen LogP contribution in [0, 0.1) is 0 Å². The van der Waals surface area contributed by atoms with E-state index in [2.05, 4.69) is 13.2 Å². The van der Waals surface area contributed by atoms with Crippen molar-refractivity contribution >= 4 is 5.97 Å². The maximum absolute atomic E-state index is 11.3. The van der Waals surface area contributed by atoms with Crippen LogP contribution in [0.1, 0.15) is 11.5 Å². The molecule has 1 atom stereocenters. The van der Waals surface area contributed by atoms with Crippen LogP contribution in [0.25, 0.3) is 0 Å². The third kappa shape index (κ3) is 2.70. The molecule has 0 aliphatic heterocycles. The van der Waals surface area contributed by atoms with Crippen LogP contribution in [0.5, 0.6) is 0 Å². The topological polar surface area (TPSA) is 37.3 Å². The molecule has 0 aliphatic rings. The van der Waals surface area contributed by atoms with Gasteiger partial charge in [-0.15, -0.1) is 0 Å². The van der Waals surface area contributed by atoms with E-state index in [0.717, 1.165) is 5.56 Å². The molecule has 0 saturated carbocycles. The first-order chi connectivity index (χ1) is 7.70. The molecular formula is C14H14O2. The molecule has 1 N–H and O–H groups in total. The lowest BCUT2D eigenvalue weighted by Gasteiger charge is -2.13. The van der Waals surface area contributed by atoms with Gasteiger partial charge in [-0.2, -0.15) is 0 Å². The van der Waals surface area contributed by atoms with Crippen LogP contribution in [-0.4, -0.2) is 11.1 Å². The SMILES string of the molecule is C=C/C=C(\C=C)C(C(=O)O)c1ccccc1. The molecule has 1 aromatic carbocycles. The van der Waals surface area contributed by atoms with Gasteiger partial charge in [-0.3, -0.25) is 4.79 Å². The summed E-state index contributed by atoms with van der Waals surface area (Å²) < 4.78 is 0. The van der Waals surface area contributed by atoms with Crippen molar-refractivity contribution in [1.82, 2.24) is 0 Å². The van der Waals surface area contributed by atoms with Crippen LogP contribution >= 0.6 is 0 Å². The number of carboxylic acids is 1. The van der Waals surface area contributed by atoms with Gasteiger partial charge in [0.1, 0.15) is 5.92 Å². The number of hydrogen-bond donors (Lipinski definition) is 1. The van der Waals surface area contributed by atoms with Gasteiger partial charge in [0, 0.05) is 0 Å². The Bertz CT molecular complexity index is 416. The molecule has 82 valence electrons. The van der Waals surface area contributed by atoms with Crippen molar-refractivity contribution < 1.29 is 9.90 Å². The average Bonchev–Trinajstić information content (AvgIpc) is 2.29. The summed E-state index contributed by atoms with van der Waals surface area (Å²) in [6.07, 6.45) is 4.78. The lowest BCUT2D eigenvalue weighted by atomic mass is 9.91. The molecule has 0 aromatic heterocycles. The van der Waals surface area contributed by atoms with Crippen LogP contribution in [0.2, 0.25) is 0 Å². The number of rotatable bonds is 5. The number of benzene rings is 1. The molecular weight excluding hydrogens is 200 g/mol. The second kappa shape index (κ2) is 5.71. The van der Waals surface area contributed by atoms with Gasteiger partial charge in [0.15, 0.2) is 0 Å². The van der Waals surface area contributed by atoms with E-state index in [4.69, 9.17) is 0 Å². The van der Waals surface area contributed by atoms with E-state index in [1.807, 2.05) is 18.2 Å². The van der Waals surface area contributed by atoms with Gasteiger partial charge in [0.05, 0.1) is 0 Å². The Morgan fingerprint density at radius 2 is 1.88 bits per heavy atom. The number of aliphatic carboxylic acids is 1. The minimum Gasteiger partial charge on any atom is -0.481 e. The molecule has 1 unspecified atom stereocenters. The summed E-state index contributed by atoms with van der Waals surface area (Å²) >= 11 is 0. The van der Waals surface area contributed by atoms with Crippen molar-refractivity contribution in [3.05, 3.63) is 72.9 Å². The summed E-state index contributed by atoms with van der Waals surface area (Å²) in [5, 5.41) is 9.23. The highest BCUT2D eigenvalue weighted by Crippen LogP contribution is 2.25. The molecule has 2 heteroatoms. The van der Waals surface area contributed by atoms with Gasteiger partial charge in [-0.25, -0.2) is 0 Å². The van der Waals surface area contributed by atoms with E-state index < -0.39 is 11.9 Å². The number of carbonyl (C=O) groups is 1. The van der Waals surface area contributed by atoms with Gasteiger partial charge < -0.3 is 5.11 Å². The van der Waals surface area contributed by atoms with E-state index in [9.17, 15) is 9.90 Å². The van der Waals surface area contributed by atoms with Crippen molar-refractivity contribution in [2.24, 2.45) is 0 Å². The largest absolute Gasteiger partial charge is 0.481 e. The molecule has 1 rings (SSSR count). The van der Waals surface area contributed by atoms with Gasteiger partial charge in [0.2, 0.25) is 0 Å². The molecule has 0 saturated heterocycles. The Morgan fingerprint density at radius 1 is 1.25 bits per heavy atom. The summed E-state index contributed by atoms with van der Waals surface area (Å²) in [5.41, 5.74) is 1.37. The summed E-state index contributed by atoms with van der Waals surface area (Å²) in [6, 6.07) is 9.07. The molecule has 0 radical (unpaired) electrons. The molecule has 0 heterocycles. The van der Waals surface area contributed by atoms with Crippen molar-refractivity contribution in [1.29, 1.82) is 0 Å². The van der Waals surface area contributed by atoms with E-state index in [0.29, 0.717) is 5.57 Å². The van der Waals surface area contributed by atoms with Crippen molar-refractivity contribution in [2.75, 3.05) is 0 Å². The predicted molar refractivity (Wildman–Crippen MR) is 65.3 cm³/mol. The van der Waals surface area contributed by atoms with E-state index >= 15 is 0 Å². The van der Waals surface area contributed by atoms with E-state index in [1.54, 1.807) is 30.4 Å². The lowest BCUT2D eigenvalue weighted by molar-refractivity contribution is -0.137. The molecule has 0 amide bonds. The van der Waals surface area contributed by atoms with Crippen LogP contribution in [0.3, 0.4) is 0 Å². The number of carboxylic acid groups (broad SMARTS) is 1. The number of allylic oxidation sites excluding steroid dienone is 3. The normalized spacial score (nSPS) is 12.9. The molecule has 1 aromatic rings. The van der Waals surface area contributed by atoms with Crippen molar-refractivity contribution in [2.45, 2.75) is 5.92 Å². The Morgan fingerprint density at radius 3 is 2.31 bits per heavy atom. The van der Waals surface area contributed by atoms with E-state index in [-0.39, 0.29) is 0 Å². The van der Waals surface area contributed by atoms with Crippen molar-refractivity contribution in [3.8, 4) is 0 Å². The zero-order valence-corrected chi connectivity index (χ0v) is 8.97. The number of hydrogen-bond acceptors (Lipinski definition) is 1. The average molecular weight is 214 g/mol. The Kier molecular flexibility index (Phi) is 4.28. The highest BCUT2D eigenvalue weighted by Gasteiger charge is 2.21. The van der Waals surface area contributed by atoms with Gasteiger partial charge in [-0.05, 0) is 11.1 Å². The van der Waals surface area contributed by atoms with Gasteiger partial charge in [0.25, 0.3) is 0 Å². The third-order valence-corrected chi connectivity index (χ3v) is 2.26. The molecule has 0 aliphatic carbocycles. The summed E-state index contributed by atoms with van der Waals surface area (Å²) in [4.78, 5) is 11.3. The first-order valence-corrected chi connectivity index (χ1v) is 4.93. The monoisotopic (exact) mass is 214 g/mol. The smallest absolute Gasteiger partial charge is 0.315 e. The zero-order valence-electron chi connectivity index (χ0n) is 8.97. The second-order valence-electron chi connectivity index (χ2n) is 3.29. The third-order valence-electron chi connectivity index (χ3n) is 2.26. The fourth-order valence-electron chi connectivity index (χ4n) is 1.54. The molecule has 0 bridgehead atoms. The summed E-state index contributed by atoms with van der Waals surface area (Å²) in [5.74, 6) is -1.57. The minimum atomic E-state index is -0.890. The summed E-state index contributed by atoms with van der Waals surface area (Å²) in [7, 11) is 0. The molecule has 0 fully saturated rings. The second-order valence-corrected chi connectivity index (χ2v) is 3.29. The van der Waals surface area contributed by atoms with Gasteiger partial charge >= 0.3 is 5.97 Å². The fourth-order valence-corrected chi connectivity index (χ4v) is 1.54. The fraction of sp³-hybridized carbons (Fsp3) is 0.0714. The minimum absolute atomic E-state index is 0.633. The maximum atomic E-state index is 11.3. The Labute approximate surface area is 95.2 Å². The predicted octanol–water partition coefficient (Wildman–Crippen LogP) is 3.15.